The zero-order valence-corrected chi connectivity index (χ0v) is 18.7. The first-order valence-corrected chi connectivity index (χ1v) is 10.9. The van der Waals surface area contributed by atoms with E-state index in [0.29, 0.717) is 29.8 Å². The molecule has 1 N–H and O–H groups in total. The quantitative estimate of drug-likeness (QED) is 0.416. The molecule has 0 atom stereocenters. The van der Waals surface area contributed by atoms with E-state index < -0.39 is 24.4 Å². The fourth-order valence-electron chi connectivity index (χ4n) is 2.42. The summed E-state index contributed by atoms with van der Waals surface area (Å²) in [5.41, 5.74) is 0.215. The zero-order chi connectivity index (χ0) is 22.6. The summed E-state index contributed by atoms with van der Waals surface area (Å²) in [6.45, 7) is 4.01. The van der Waals surface area contributed by atoms with Crippen molar-refractivity contribution < 1.29 is 28.6 Å². The molecule has 0 bridgehead atoms. The van der Waals surface area contributed by atoms with Crippen LogP contribution in [-0.4, -0.2) is 43.9 Å². The van der Waals surface area contributed by atoms with Gasteiger partial charge in [-0.3, -0.25) is 14.9 Å². The Bertz CT molecular complexity index is 885. The summed E-state index contributed by atoms with van der Waals surface area (Å²) >= 11 is 1.52. The minimum Gasteiger partial charge on any atom is -0.493 e. The highest BCUT2D eigenvalue weighted by atomic mass is 32.2. The van der Waals surface area contributed by atoms with Crippen molar-refractivity contribution >= 4 is 29.5 Å². The lowest BCUT2D eigenvalue weighted by Crippen LogP contribution is -2.34. The van der Waals surface area contributed by atoms with Gasteiger partial charge in [0, 0.05) is 17.1 Å². The van der Waals surface area contributed by atoms with Gasteiger partial charge in [-0.05, 0) is 36.2 Å². The maximum Gasteiger partial charge on any atom is 0.338 e. The number of amides is 2. The summed E-state index contributed by atoms with van der Waals surface area (Å²) in [5, 5.41) is 2.22. The molecule has 166 valence electrons. The van der Waals surface area contributed by atoms with Gasteiger partial charge in [-0.25, -0.2) is 4.79 Å². The summed E-state index contributed by atoms with van der Waals surface area (Å²) in [5.74, 6) is -0.00299. The number of ether oxygens (including phenoxy) is 3. The molecule has 0 spiro atoms. The van der Waals surface area contributed by atoms with Crippen molar-refractivity contribution in [1.82, 2.24) is 5.32 Å². The van der Waals surface area contributed by atoms with Crippen molar-refractivity contribution in [3.63, 3.8) is 0 Å². The second-order valence-corrected chi connectivity index (χ2v) is 8.20. The van der Waals surface area contributed by atoms with Crippen LogP contribution in [0.5, 0.6) is 11.5 Å². The molecule has 2 aromatic carbocycles. The molecule has 0 radical (unpaired) electrons. The van der Waals surface area contributed by atoms with Crippen LogP contribution in [0, 0.1) is 5.92 Å². The highest BCUT2D eigenvalue weighted by molar-refractivity contribution is 7.99. The largest absolute Gasteiger partial charge is 0.493 e. The van der Waals surface area contributed by atoms with Crippen molar-refractivity contribution in [2.45, 2.75) is 25.2 Å². The number of imide groups is 1. The number of carbonyl (C=O) groups is 3. The highest BCUT2D eigenvalue weighted by Crippen LogP contribution is 2.28. The summed E-state index contributed by atoms with van der Waals surface area (Å²) < 4.78 is 15.9. The molecule has 0 unspecified atom stereocenters. The van der Waals surface area contributed by atoms with Gasteiger partial charge < -0.3 is 14.2 Å². The van der Waals surface area contributed by atoms with E-state index in [1.54, 1.807) is 6.07 Å². The van der Waals surface area contributed by atoms with Gasteiger partial charge in [0.05, 0.1) is 19.3 Å². The first kappa shape index (κ1) is 24.3. The molecule has 0 aliphatic carbocycles. The summed E-state index contributed by atoms with van der Waals surface area (Å²) in [6.07, 6.45) is 0.175. The Kier molecular flexibility index (Phi) is 9.90. The van der Waals surface area contributed by atoms with Crippen molar-refractivity contribution in [2.24, 2.45) is 5.92 Å². The van der Waals surface area contributed by atoms with Gasteiger partial charge in [-0.15, -0.1) is 11.8 Å². The van der Waals surface area contributed by atoms with Gasteiger partial charge in [0.25, 0.3) is 5.91 Å². The van der Waals surface area contributed by atoms with Crippen LogP contribution in [0.4, 0.5) is 0 Å². The molecule has 8 heteroatoms. The Morgan fingerprint density at radius 3 is 2.42 bits per heavy atom. The molecule has 0 saturated heterocycles. The number of hydrogen-bond donors (Lipinski definition) is 1. The van der Waals surface area contributed by atoms with E-state index in [1.165, 1.54) is 31.0 Å². The Hall–Kier alpha value is -3.00. The van der Waals surface area contributed by atoms with E-state index >= 15 is 0 Å². The average Bonchev–Trinajstić information content (AvgIpc) is 2.76. The molecule has 0 fully saturated rings. The molecular weight excluding hydrogens is 418 g/mol. The number of carbonyl (C=O) groups excluding carboxylic acids is 3. The molecule has 0 aromatic heterocycles. The standard InChI is InChI=1S/C23H27NO6S/c1-16(2)14-29-19-10-9-17(13-20(19)28-3)23(27)30-15-22(26)24-21(25)11-12-31-18-7-5-4-6-8-18/h4-10,13,16H,11-12,14-15H2,1-3H3,(H,24,25,26). The van der Waals surface area contributed by atoms with Gasteiger partial charge in [0.2, 0.25) is 5.91 Å². The lowest BCUT2D eigenvalue weighted by Gasteiger charge is -2.13. The van der Waals surface area contributed by atoms with E-state index in [0.717, 1.165) is 4.90 Å². The predicted molar refractivity (Wildman–Crippen MR) is 119 cm³/mol. The Balaban J connectivity index is 1.76. The maximum atomic E-state index is 12.2. The van der Waals surface area contributed by atoms with Crippen LogP contribution < -0.4 is 14.8 Å². The summed E-state index contributed by atoms with van der Waals surface area (Å²) in [7, 11) is 1.47. The number of esters is 1. The monoisotopic (exact) mass is 445 g/mol. The van der Waals surface area contributed by atoms with Crippen LogP contribution in [0.25, 0.3) is 0 Å². The minimum atomic E-state index is -0.698. The molecule has 0 aliphatic rings. The fraction of sp³-hybridized carbons (Fsp3) is 0.348. The lowest BCUT2D eigenvalue weighted by molar-refractivity contribution is -0.132. The molecule has 7 nitrogen and oxygen atoms in total. The normalized spacial score (nSPS) is 10.5. The van der Waals surface area contributed by atoms with Crippen LogP contribution in [0.1, 0.15) is 30.6 Å². The van der Waals surface area contributed by atoms with Crippen LogP contribution in [0.15, 0.2) is 53.4 Å². The smallest absolute Gasteiger partial charge is 0.338 e. The van der Waals surface area contributed by atoms with Gasteiger partial charge >= 0.3 is 5.97 Å². The number of methoxy groups -OCH3 is 1. The van der Waals surface area contributed by atoms with Crippen LogP contribution in [0.3, 0.4) is 0 Å². The van der Waals surface area contributed by atoms with Crippen molar-refractivity contribution in [3.8, 4) is 11.5 Å². The first-order chi connectivity index (χ1) is 14.9. The summed E-state index contributed by atoms with van der Waals surface area (Å²) in [4.78, 5) is 37.0. The second-order valence-electron chi connectivity index (χ2n) is 7.03. The van der Waals surface area contributed by atoms with Crippen LogP contribution in [0.2, 0.25) is 0 Å². The predicted octanol–water partition coefficient (Wildman–Crippen LogP) is 3.71. The van der Waals surface area contributed by atoms with Crippen LogP contribution >= 0.6 is 11.8 Å². The van der Waals surface area contributed by atoms with Crippen molar-refractivity contribution in [3.05, 3.63) is 54.1 Å². The minimum absolute atomic E-state index is 0.175. The Morgan fingerprint density at radius 2 is 1.74 bits per heavy atom. The lowest BCUT2D eigenvalue weighted by atomic mass is 10.2. The van der Waals surface area contributed by atoms with E-state index in [-0.39, 0.29) is 12.0 Å². The third-order valence-electron chi connectivity index (χ3n) is 3.93. The Labute approximate surface area is 186 Å². The van der Waals surface area contributed by atoms with Gasteiger partial charge in [-0.1, -0.05) is 32.0 Å². The molecule has 0 heterocycles. The van der Waals surface area contributed by atoms with E-state index in [9.17, 15) is 14.4 Å². The topological polar surface area (TPSA) is 90.9 Å². The van der Waals surface area contributed by atoms with Crippen LogP contribution in [-0.2, 0) is 14.3 Å². The van der Waals surface area contributed by atoms with E-state index in [1.807, 2.05) is 44.2 Å². The molecule has 2 rings (SSSR count). The molecule has 2 aromatic rings. The molecular formula is C23H27NO6S. The number of rotatable bonds is 11. The number of thioether (sulfide) groups is 1. The van der Waals surface area contributed by atoms with E-state index in [4.69, 9.17) is 14.2 Å². The molecule has 31 heavy (non-hydrogen) atoms. The fourth-order valence-corrected chi connectivity index (χ4v) is 3.29. The van der Waals surface area contributed by atoms with Gasteiger partial charge in [-0.2, -0.15) is 0 Å². The zero-order valence-electron chi connectivity index (χ0n) is 17.9. The second kappa shape index (κ2) is 12.6. The van der Waals surface area contributed by atoms with E-state index in [2.05, 4.69) is 5.32 Å². The number of nitrogens with one attached hydrogen (secondary N) is 1. The summed E-state index contributed by atoms with van der Waals surface area (Å²) in [6, 6.07) is 14.3. The van der Waals surface area contributed by atoms with Gasteiger partial charge in [0.15, 0.2) is 18.1 Å². The molecule has 0 saturated carbocycles. The van der Waals surface area contributed by atoms with Gasteiger partial charge in [0.1, 0.15) is 0 Å². The average molecular weight is 446 g/mol. The highest BCUT2D eigenvalue weighted by Gasteiger charge is 2.15. The third-order valence-corrected chi connectivity index (χ3v) is 4.94. The molecule has 0 aliphatic heterocycles. The number of benzene rings is 2. The third kappa shape index (κ3) is 8.72. The molecule has 2 amide bonds. The first-order valence-electron chi connectivity index (χ1n) is 9.87. The van der Waals surface area contributed by atoms with Crippen molar-refractivity contribution in [1.29, 1.82) is 0 Å². The number of hydrogen-bond acceptors (Lipinski definition) is 7. The maximum absolute atomic E-state index is 12.2. The Morgan fingerprint density at radius 1 is 1.00 bits per heavy atom. The van der Waals surface area contributed by atoms with Crippen molar-refractivity contribution in [2.75, 3.05) is 26.1 Å². The SMILES string of the molecule is COc1cc(C(=O)OCC(=O)NC(=O)CCSc2ccccc2)ccc1OCC(C)C.